The smallest absolute Gasteiger partial charge is 0.260 e. The Kier molecular flexibility index (Phi) is 4.66. The molecule has 1 amide bonds. The van der Waals surface area contributed by atoms with Crippen LogP contribution in [0, 0.1) is 0 Å². The minimum atomic E-state index is 0.0315. The maximum Gasteiger partial charge on any atom is 0.260 e. The Labute approximate surface area is 118 Å². The van der Waals surface area contributed by atoms with Crippen LogP contribution in [0.25, 0.3) is 0 Å². The molecule has 1 aromatic rings. The largest absolute Gasteiger partial charge is 0.484 e. The number of carbonyl (C=O) groups is 1. The molecule has 0 spiro atoms. The SMILES string of the molecule is CCN(C(=O)COc1ccc(CN)c(Cl)c1)C1CC1. The number of amides is 1. The molecule has 4 nitrogen and oxygen atoms in total. The Balaban J connectivity index is 1.91. The lowest BCUT2D eigenvalue weighted by Crippen LogP contribution is -2.36. The van der Waals surface area contributed by atoms with Crippen LogP contribution in [-0.2, 0) is 11.3 Å². The fourth-order valence-electron chi connectivity index (χ4n) is 2.04. The normalized spacial score (nSPS) is 14.3. The summed E-state index contributed by atoms with van der Waals surface area (Å²) in [6.07, 6.45) is 2.22. The van der Waals surface area contributed by atoms with Gasteiger partial charge in [0.25, 0.3) is 5.91 Å². The lowest BCUT2D eigenvalue weighted by atomic mass is 10.2. The van der Waals surface area contributed by atoms with Gasteiger partial charge in [-0.2, -0.15) is 0 Å². The van der Waals surface area contributed by atoms with E-state index in [9.17, 15) is 4.79 Å². The molecule has 0 bridgehead atoms. The van der Waals surface area contributed by atoms with Crippen LogP contribution in [0.4, 0.5) is 0 Å². The second-order valence-electron chi connectivity index (χ2n) is 4.66. The molecule has 0 atom stereocenters. The van der Waals surface area contributed by atoms with Gasteiger partial charge in [-0.25, -0.2) is 0 Å². The molecule has 1 aliphatic rings. The standard InChI is InChI=1S/C14H19ClN2O2/c1-2-17(11-4-5-11)14(18)9-19-12-6-3-10(8-16)13(15)7-12/h3,6-7,11H,2,4-5,8-9,16H2,1H3. The molecule has 1 fully saturated rings. The number of hydrogen-bond donors (Lipinski definition) is 1. The number of nitrogens with zero attached hydrogens (tertiary/aromatic N) is 1. The number of rotatable bonds is 6. The van der Waals surface area contributed by atoms with Crippen LogP contribution in [0.1, 0.15) is 25.3 Å². The first-order chi connectivity index (χ1) is 9.15. The summed E-state index contributed by atoms with van der Waals surface area (Å²) >= 11 is 6.04. The van der Waals surface area contributed by atoms with Crippen LogP contribution in [-0.4, -0.2) is 30.0 Å². The zero-order chi connectivity index (χ0) is 13.8. The zero-order valence-corrected chi connectivity index (χ0v) is 11.8. The Morgan fingerprint density at radius 1 is 1.53 bits per heavy atom. The van der Waals surface area contributed by atoms with Gasteiger partial charge in [-0.15, -0.1) is 0 Å². The van der Waals surface area contributed by atoms with Crippen molar-refractivity contribution in [3.63, 3.8) is 0 Å². The van der Waals surface area contributed by atoms with Gasteiger partial charge in [0.2, 0.25) is 0 Å². The van der Waals surface area contributed by atoms with E-state index < -0.39 is 0 Å². The Hall–Kier alpha value is -1.26. The molecule has 0 unspecified atom stereocenters. The van der Waals surface area contributed by atoms with Crippen molar-refractivity contribution in [1.29, 1.82) is 0 Å². The lowest BCUT2D eigenvalue weighted by Gasteiger charge is -2.20. The summed E-state index contributed by atoms with van der Waals surface area (Å²) in [7, 11) is 0. The van der Waals surface area contributed by atoms with Crippen molar-refractivity contribution < 1.29 is 9.53 Å². The van der Waals surface area contributed by atoms with Gasteiger partial charge in [-0.3, -0.25) is 4.79 Å². The average Bonchev–Trinajstić information content (AvgIpc) is 3.22. The van der Waals surface area contributed by atoms with E-state index in [1.54, 1.807) is 12.1 Å². The van der Waals surface area contributed by atoms with Gasteiger partial charge in [0, 0.05) is 24.2 Å². The van der Waals surface area contributed by atoms with E-state index in [4.69, 9.17) is 22.1 Å². The van der Waals surface area contributed by atoms with Gasteiger partial charge in [0.15, 0.2) is 6.61 Å². The second-order valence-corrected chi connectivity index (χ2v) is 5.06. The van der Waals surface area contributed by atoms with Crippen molar-refractivity contribution in [3.05, 3.63) is 28.8 Å². The molecule has 2 N–H and O–H groups in total. The summed E-state index contributed by atoms with van der Waals surface area (Å²) in [4.78, 5) is 13.9. The lowest BCUT2D eigenvalue weighted by molar-refractivity contribution is -0.133. The highest BCUT2D eigenvalue weighted by Crippen LogP contribution is 2.27. The van der Waals surface area contributed by atoms with Crippen molar-refractivity contribution in [2.75, 3.05) is 13.2 Å². The first-order valence-corrected chi connectivity index (χ1v) is 6.94. The van der Waals surface area contributed by atoms with Crippen LogP contribution in [0.2, 0.25) is 5.02 Å². The maximum atomic E-state index is 12.0. The quantitative estimate of drug-likeness (QED) is 0.870. The Morgan fingerprint density at radius 2 is 2.26 bits per heavy atom. The molecule has 1 aromatic carbocycles. The Bertz CT molecular complexity index is 461. The number of hydrogen-bond acceptors (Lipinski definition) is 3. The molecule has 5 heteroatoms. The highest BCUT2D eigenvalue weighted by Gasteiger charge is 2.31. The molecule has 0 radical (unpaired) electrons. The van der Waals surface area contributed by atoms with Crippen LogP contribution >= 0.6 is 11.6 Å². The number of nitrogens with two attached hydrogens (primary N) is 1. The molecule has 0 aromatic heterocycles. The van der Waals surface area contributed by atoms with Crippen molar-refractivity contribution in [3.8, 4) is 5.75 Å². The first-order valence-electron chi connectivity index (χ1n) is 6.56. The van der Waals surface area contributed by atoms with E-state index in [1.807, 2.05) is 17.9 Å². The number of ether oxygens (including phenoxy) is 1. The van der Waals surface area contributed by atoms with Gasteiger partial charge in [0.05, 0.1) is 0 Å². The van der Waals surface area contributed by atoms with Gasteiger partial charge >= 0.3 is 0 Å². The average molecular weight is 283 g/mol. The minimum absolute atomic E-state index is 0.0315. The number of benzene rings is 1. The number of likely N-dealkylation sites (N-methyl/N-ethyl adjacent to an activating group) is 1. The van der Waals surface area contributed by atoms with Gasteiger partial charge < -0.3 is 15.4 Å². The molecule has 0 heterocycles. The highest BCUT2D eigenvalue weighted by atomic mass is 35.5. The molecule has 104 valence electrons. The number of halogens is 1. The molecule has 0 aliphatic heterocycles. The summed E-state index contributed by atoms with van der Waals surface area (Å²) in [5, 5.41) is 0.571. The predicted molar refractivity (Wildman–Crippen MR) is 75.2 cm³/mol. The summed E-state index contributed by atoms with van der Waals surface area (Å²) in [6, 6.07) is 5.73. The fraction of sp³-hybridized carbons (Fsp3) is 0.500. The van der Waals surface area contributed by atoms with E-state index in [0.717, 1.165) is 24.9 Å². The Morgan fingerprint density at radius 3 is 2.79 bits per heavy atom. The van der Waals surface area contributed by atoms with Gasteiger partial charge in [-0.05, 0) is 37.5 Å². The molecule has 0 saturated heterocycles. The highest BCUT2D eigenvalue weighted by molar-refractivity contribution is 6.31. The van der Waals surface area contributed by atoms with Crippen LogP contribution in [0.15, 0.2) is 18.2 Å². The molecular weight excluding hydrogens is 264 g/mol. The van der Waals surface area contributed by atoms with E-state index in [1.165, 1.54) is 0 Å². The maximum absolute atomic E-state index is 12.0. The molecular formula is C14H19ClN2O2. The molecule has 1 saturated carbocycles. The topological polar surface area (TPSA) is 55.6 Å². The summed E-state index contributed by atoms with van der Waals surface area (Å²) in [5.74, 6) is 0.631. The van der Waals surface area contributed by atoms with E-state index >= 15 is 0 Å². The number of carbonyl (C=O) groups excluding carboxylic acids is 1. The van der Waals surface area contributed by atoms with Crippen LogP contribution in [0.3, 0.4) is 0 Å². The summed E-state index contributed by atoms with van der Waals surface area (Å²) < 4.78 is 5.49. The third-order valence-corrected chi connectivity index (χ3v) is 3.61. The van der Waals surface area contributed by atoms with Crippen LogP contribution < -0.4 is 10.5 Å². The second kappa shape index (κ2) is 6.26. The van der Waals surface area contributed by atoms with Crippen molar-refractivity contribution in [2.24, 2.45) is 5.73 Å². The summed E-state index contributed by atoms with van der Waals surface area (Å²) in [6.45, 7) is 3.18. The first kappa shape index (κ1) is 14.2. The monoisotopic (exact) mass is 282 g/mol. The van der Waals surface area contributed by atoms with Crippen molar-refractivity contribution in [2.45, 2.75) is 32.4 Å². The molecule has 2 rings (SSSR count). The van der Waals surface area contributed by atoms with Crippen molar-refractivity contribution >= 4 is 17.5 Å². The molecule has 19 heavy (non-hydrogen) atoms. The summed E-state index contributed by atoms with van der Waals surface area (Å²) in [5.41, 5.74) is 6.40. The van der Waals surface area contributed by atoms with E-state index in [-0.39, 0.29) is 12.5 Å². The third kappa shape index (κ3) is 3.61. The van der Waals surface area contributed by atoms with Gasteiger partial charge in [-0.1, -0.05) is 17.7 Å². The fourth-order valence-corrected chi connectivity index (χ4v) is 2.28. The van der Waals surface area contributed by atoms with Crippen LogP contribution in [0.5, 0.6) is 5.75 Å². The molecule has 1 aliphatic carbocycles. The van der Waals surface area contributed by atoms with Crippen molar-refractivity contribution in [1.82, 2.24) is 4.90 Å². The van der Waals surface area contributed by atoms with E-state index in [2.05, 4.69) is 0 Å². The van der Waals surface area contributed by atoms with E-state index in [0.29, 0.717) is 23.4 Å². The minimum Gasteiger partial charge on any atom is -0.484 e. The predicted octanol–water partition coefficient (Wildman–Crippen LogP) is 2.19. The van der Waals surface area contributed by atoms with Gasteiger partial charge in [0.1, 0.15) is 5.75 Å². The zero-order valence-electron chi connectivity index (χ0n) is 11.1. The third-order valence-electron chi connectivity index (χ3n) is 3.26.